The summed E-state index contributed by atoms with van der Waals surface area (Å²) >= 11 is 6.07. The lowest BCUT2D eigenvalue weighted by atomic mass is 10.1. The van der Waals surface area contributed by atoms with Gasteiger partial charge in [-0.3, -0.25) is 0 Å². The number of anilines is 1. The molecule has 0 unspecified atom stereocenters. The summed E-state index contributed by atoms with van der Waals surface area (Å²) in [7, 11) is 0. The molecule has 0 saturated carbocycles. The summed E-state index contributed by atoms with van der Waals surface area (Å²) in [5.41, 5.74) is 3.83. The Labute approximate surface area is 112 Å². The molecule has 2 aromatic rings. The summed E-state index contributed by atoms with van der Waals surface area (Å²) in [4.78, 5) is 0. The molecule has 2 aromatic carbocycles. The first-order chi connectivity index (χ1) is 8.84. The third-order valence-corrected chi connectivity index (χ3v) is 3.50. The Kier molecular flexibility index (Phi) is 3.11. The van der Waals surface area contributed by atoms with Gasteiger partial charge in [0.2, 0.25) is 0 Å². The molecular weight excluding hydrogens is 246 g/mol. The van der Waals surface area contributed by atoms with Crippen LogP contribution in [-0.2, 0) is 13.0 Å². The second kappa shape index (κ2) is 4.91. The molecular formula is C15H14ClNO. The summed E-state index contributed by atoms with van der Waals surface area (Å²) in [6, 6.07) is 13.8. The molecule has 0 spiro atoms. The van der Waals surface area contributed by atoms with E-state index in [-0.39, 0.29) is 0 Å². The van der Waals surface area contributed by atoms with Gasteiger partial charge in [-0.05, 0) is 35.7 Å². The van der Waals surface area contributed by atoms with Crippen LogP contribution in [0.1, 0.15) is 11.1 Å². The molecule has 2 nitrogen and oxygen atoms in total. The molecule has 3 heteroatoms. The van der Waals surface area contributed by atoms with Crippen LogP contribution in [0.2, 0.25) is 5.02 Å². The van der Waals surface area contributed by atoms with Crippen LogP contribution in [0.4, 0.5) is 5.69 Å². The second-order valence-electron chi connectivity index (χ2n) is 4.34. The van der Waals surface area contributed by atoms with Crippen LogP contribution in [0.3, 0.4) is 0 Å². The molecule has 1 heterocycles. The van der Waals surface area contributed by atoms with Crippen molar-refractivity contribution in [1.82, 2.24) is 0 Å². The van der Waals surface area contributed by atoms with Crippen LogP contribution >= 0.6 is 11.6 Å². The van der Waals surface area contributed by atoms with E-state index in [2.05, 4.69) is 23.5 Å². The Hall–Kier alpha value is -1.67. The highest BCUT2D eigenvalue weighted by atomic mass is 35.5. The lowest BCUT2D eigenvalue weighted by Crippen LogP contribution is -1.99. The van der Waals surface area contributed by atoms with Crippen LogP contribution in [0, 0.1) is 0 Å². The largest absolute Gasteiger partial charge is 0.487 e. The smallest absolute Gasteiger partial charge is 0.138 e. The zero-order valence-electron chi connectivity index (χ0n) is 9.95. The predicted molar refractivity (Wildman–Crippen MR) is 74.4 cm³/mol. The molecule has 0 aromatic heterocycles. The van der Waals surface area contributed by atoms with E-state index in [1.807, 2.05) is 24.3 Å². The van der Waals surface area contributed by atoms with Crippen molar-refractivity contribution >= 4 is 17.3 Å². The molecule has 0 radical (unpaired) electrons. The average Bonchev–Trinajstić information content (AvgIpc) is 2.86. The van der Waals surface area contributed by atoms with Gasteiger partial charge in [-0.15, -0.1) is 0 Å². The van der Waals surface area contributed by atoms with Crippen molar-refractivity contribution in [2.75, 3.05) is 11.9 Å². The van der Waals surface area contributed by atoms with Crippen molar-refractivity contribution < 1.29 is 4.74 Å². The summed E-state index contributed by atoms with van der Waals surface area (Å²) in [6.45, 7) is 1.58. The Morgan fingerprint density at radius 1 is 1.11 bits per heavy atom. The Morgan fingerprint density at radius 3 is 2.89 bits per heavy atom. The molecule has 18 heavy (non-hydrogen) atoms. The van der Waals surface area contributed by atoms with Crippen LogP contribution in [0.15, 0.2) is 42.5 Å². The summed E-state index contributed by atoms with van der Waals surface area (Å²) < 4.78 is 5.79. The minimum Gasteiger partial charge on any atom is -0.487 e. The number of fused-ring (bicyclic) bond motifs is 1. The summed E-state index contributed by atoms with van der Waals surface area (Å²) in [5, 5.41) is 4.02. The lowest BCUT2D eigenvalue weighted by molar-refractivity contribution is 0.305. The number of para-hydroxylation sites is 1. The molecule has 92 valence electrons. The predicted octanol–water partition coefficient (Wildman–Crippen LogP) is 3.89. The molecule has 0 saturated heterocycles. The number of rotatable bonds is 3. The number of benzene rings is 2. The quantitative estimate of drug-likeness (QED) is 0.903. The molecule has 1 aliphatic rings. The molecule has 3 rings (SSSR count). The average molecular weight is 260 g/mol. The van der Waals surface area contributed by atoms with Crippen LogP contribution in [0.25, 0.3) is 0 Å². The van der Waals surface area contributed by atoms with Gasteiger partial charge in [0.15, 0.2) is 0 Å². The van der Waals surface area contributed by atoms with Gasteiger partial charge in [-0.2, -0.15) is 0 Å². The number of hydrogen-bond acceptors (Lipinski definition) is 2. The first kappa shape index (κ1) is 11.4. The van der Waals surface area contributed by atoms with Crippen LogP contribution in [0.5, 0.6) is 5.75 Å². The van der Waals surface area contributed by atoms with E-state index >= 15 is 0 Å². The van der Waals surface area contributed by atoms with Crippen molar-refractivity contribution in [1.29, 1.82) is 0 Å². The Bertz CT molecular complexity index is 568. The van der Waals surface area contributed by atoms with Crippen molar-refractivity contribution in [3.05, 3.63) is 58.6 Å². The molecule has 1 aliphatic heterocycles. The van der Waals surface area contributed by atoms with Crippen molar-refractivity contribution in [2.45, 2.75) is 13.0 Å². The highest BCUT2D eigenvalue weighted by Crippen LogP contribution is 2.28. The first-order valence-corrected chi connectivity index (χ1v) is 6.44. The van der Waals surface area contributed by atoms with Crippen molar-refractivity contribution in [3.63, 3.8) is 0 Å². The van der Waals surface area contributed by atoms with Gasteiger partial charge in [0.1, 0.15) is 12.4 Å². The van der Waals surface area contributed by atoms with Gasteiger partial charge >= 0.3 is 0 Å². The SMILES string of the molecule is Clc1ccccc1OCc1cccc2c1CCN2. The second-order valence-corrected chi connectivity index (χ2v) is 4.75. The van der Waals surface area contributed by atoms with E-state index < -0.39 is 0 Å². The third kappa shape index (κ3) is 2.16. The standard InChI is InChI=1S/C15H14ClNO/c16-13-5-1-2-7-15(13)18-10-11-4-3-6-14-12(11)8-9-17-14/h1-7,17H,8-10H2. The molecule has 0 atom stereocenters. The van der Waals surface area contributed by atoms with Gasteiger partial charge in [0.25, 0.3) is 0 Å². The van der Waals surface area contributed by atoms with E-state index in [1.54, 1.807) is 0 Å². The minimum absolute atomic E-state index is 0.564. The Balaban J connectivity index is 1.78. The maximum Gasteiger partial charge on any atom is 0.138 e. The lowest BCUT2D eigenvalue weighted by Gasteiger charge is -2.10. The first-order valence-electron chi connectivity index (χ1n) is 6.06. The molecule has 0 bridgehead atoms. The molecule has 1 N–H and O–H groups in total. The van der Waals surface area contributed by atoms with E-state index in [9.17, 15) is 0 Å². The van der Waals surface area contributed by atoms with Gasteiger partial charge in [0, 0.05) is 12.2 Å². The highest BCUT2D eigenvalue weighted by molar-refractivity contribution is 6.32. The number of hydrogen-bond donors (Lipinski definition) is 1. The van der Waals surface area contributed by atoms with Crippen molar-refractivity contribution in [2.24, 2.45) is 0 Å². The fourth-order valence-corrected chi connectivity index (χ4v) is 2.46. The van der Waals surface area contributed by atoms with E-state index in [1.165, 1.54) is 16.8 Å². The van der Waals surface area contributed by atoms with E-state index in [0.717, 1.165) is 18.7 Å². The zero-order valence-corrected chi connectivity index (χ0v) is 10.7. The monoisotopic (exact) mass is 259 g/mol. The summed E-state index contributed by atoms with van der Waals surface area (Å²) in [6.07, 6.45) is 1.07. The molecule has 0 aliphatic carbocycles. The van der Waals surface area contributed by atoms with Crippen LogP contribution < -0.4 is 10.1 Å². The summed E-state index contributed by atoms with van der Waals surface area (Å²) in [5.74, 6) is 0.739. The fourth-order valence-electron chi connectivity index (χ4n) is 2.27. The van der Waals surface area contributed by atoms with Gasteiger partial charge in [0.05, 0.1) is 5.02 Å². The Morgan fingerprint density at radius 2 is 2.00 bits per heavy atom. The van der Waals surface area contributed by atoms with E-state index in [4.69, 9.17) is 16.3 Å². The van der Waals surface area contributed by atoms with Gasteiger partial charge in [-0.1, -0.05) is 35.9 Å². The van der Waals surface area contributed by atoms with Gasteiger partial charge in [-0.25, -0.2) is 0 Å². The van der Waals surface area contributed by atoms with E-state index in [0.29, 0.717) is 11.6 Å². The molecule has 0 amide bonds. The number of nitrogens with one attached hydrogen (secondary N) is 1. The zero-order chi connectivity index (χ0) is 12.4. The normalized spacial score (nSPS) is 12.9. The van der Waals surface area contributed by atoms with Crippen LogP contribution in [-0.4, -0.2) is 6.54 Å². The number of ether oxygens (including phenoxy) is 1. The maximum absolute atomic E-state index is 6.07. The number of halogens is 1. The maximum atomic E-state index is 6.07. The third-order valence-electron chi connectivity index (χ3n) is 3.18. The highest BCUT2D eigenvalue weighted by Gasteiger charge is 2.14. The van der Waals surface area contributed by atoms with Gasteiger partial charge < -0.3 is 10.1 Å². The fraction of sp³-hybridized carbons (Fsp3) is 0.200. The minimum atomic E-state index is 0.564. The van der Waals surface area contributed by atoms with Crippen molar-refractivity contribution in [3.8, 4) is 5.75 Å². The molecule has 0 fully saturated rings. The topological polar surface area (TPSA) is 21.3 Å².